The van der Waals surface area contributed by atoms with E-state index in [1.54, 1.807) is 12.1 Å². The summed E-state index contributed by atoms with van der Waals surface area (Å²) in [5.74, 6) is 0.461. The number of rotatable bonds is 4. The van der Waals surface area contributed by atoms with Gasteiger partial charge in [-0.15, -0.1) is 0 Å². The van der Waals surface area contributed by atoms with Gasteiger partial charge in [0, 0.05) is 61.7 Å². The van der Waals surface area contributed by atoms with Gasteiger partial charge >= 0.3 is 0 Å². The summed E-state index contributed by atoms with van der Waals surface area (Å²) in [4.78, 5) is 14.8. The maximum atomic E-state index is 13.9. The van der Waals surface area contributed by atoms with Crippen LogP contribution in [0.2, 0.25) is 0 Å². The van der Waals surface area contributed by atoms with E-state index in [1.807, 2.05) is 0 Å². The number of hydrogen-bond donors (Lipinski definition) is 0. The molecule has 0 spiro atoms. The maximum absolute atomic E-state index is 13.9. The van der Waals surface area contributed by atoms with Crippen LogP contribution in [0, 0.1) is 15.9 Å². The largest absolute Gasteiger partial charge is 0.467 e. The standard InChI is InChI=1S/C19H20FN3O4/c20-16-9-14(19-15(10-16)12-26-13-27-19)11-21-5-7-22(8-6-21)17-1-3-18(4-2-17)23(24)25/h1-4,9-10H,5-8,11-13H2. The first kappa shape index (κ1) is 17.7. The number of nitrogens with zero attached hydrogens (tertiary/aromatic N) is 3. The van der Waals surface area contributed by atoms with Crippen molar-refractivity contribution in [3.05, 3.63) is 63.5 Å². The van der Waals surface area contributed by atoms with E-state index in [1.165, 1.54) is 24.3 Å². The predicted molar refractivity (Wildman–Crippen MR) is 97.3 cm³/mol. The average Bonchev–Trinajstić information content (AvgIpc) is 2.68. The zero-order valence-electron chi connectivity index (χ0n) is 14.8. The molecule has 2 aliphatic heterocycles. The molecule has 8 heteroatoms. The van der Waals surface area contributed by atoms with Crippen molar-refractivity contribution in [2.75, 3.05) is 37.9 Å². The number of anilines is 1. The normalized spacial score (nSPS) is 17.3. The van der Waals surface area contributed by atoms with Crippen molar-refractivity contribution < 1.29 is 18.8 Å². The monoisotopic (exact) mass is 373 g/mol. The Kier molecular flexibility index (Phi) is 4.91. The van der Waals surface area contributed by atoms with Gasteiger partial charge in [0.25, 0.3) is 5.69 Å². The van der Waals surface area contributed by atoms with Crippen LogP contribution < -0.4 is 9.64 Å². The summed E-state index contributed by atoms with van der Waals surface area (Å²) in [6.45, 7) is 4.43. The van der Waals surface area contributed by atoms with E-state index < -0.39 is 4.92 Å². The van der Waals surface area contributed by atoms with Crippen molar-refractivity contribution in [2.45, 2.75) is 13.2 Å². The Labute approximate surface area is 156 Å². The molecule has 0 atom stereocenters. The van der Waals surface area contributed by atoms with Gasteiger partial charge in [0.15, 0.2) is 6.79 Å². The van der Waals surface area contributed by atoms with Crippen molar-refractivity contribution in [3.63, 3.8) is 0 Å². The molecule has 0 radical (unpaired) electrons. The summed E-state index contributed by atoms with van der Waals surface area (Å²) >= 11 is 0. The number of nitro benzene ring substituents is 1. The molecule has 0 bridgehead atoms. The lowest BCUT2D eigenvalue weighted by Crippen LogP contribution is -2.46. The minimum atomic E-state index is -0.394. The summed E-state index contributed by atoms with van der Waals surface area (Å²) in [5, 5.41) is 10.8. The molecule has 0 unspecified atom stereocenters. The van der Waals surface area contributed by atoms with Crippen LogP contribution in [0.4, 0.5) is 15.8 Å². The number of non-ortho nitro benzene ring substituents is 1. The van der Waals surface area contributed by atoms with Crippen molar-refractivity contribution in [2.24, 2.45) is 0 Å². The third-order valence-corrected chi connectivity index (χ3v) is 4.94. The van der Waals surface area contributed by atoms with Gasteiger partial charge in [-0.05, 0) is 24.3 Å². The molecule has 2 aliphatic rings. The molecule has 0 saturated carbocycles. The highest BCUT2D eigenvalue weighted by molar-refractivity contribution is 5.51. The molecule has 2 aromatic rings. The quantitative estimate of drug-likeness (QED) is 0.606. The number of ether oxygens (including phenoxy) is 2. The van der Waals surface area contributed by atoms with Crippen LogP contribution in [-0.2, 0) is 17.9 Å². The number of hydrogen-bond acceptors (Lipinski definition) is 6. The molecule has 0 N–H and O–H groups in total. The Balaban J connectivity index is 1.40. The van der Waals surface area contributed by atoms with Crippen LogP contribution in [0.1, 0.15) is 11.1 Å². The van der Waals surface area contributed by atoms with E-state index in [4.69, 9.17) is 9.47 Å². The van der Waals surface area contributed by atoms with Gasteiger partial charge in [-0.25, -0.2) is 4.39 Å². The van der Waals surface area contributed by atoms with Crippen LogP contribution in [0.3, 0.4) is 0 Å². The van der Waals surface area contributed by atoms with E-state index in [9.17, 15) is 14.5 Å². The molecule has 1 fully saturated rings. The Morgan fingerprint density at radius 1 is 1.11 bits per heavy atom. The highest BCUT2D eigenvalue weighted by atomic mass is 19.1. The average molecular weight is 373 g/mol. The topological polar surface area (TPSA) is 68.1 Å². The Hall–Kier alpha value is -2.71. The lowest BCUT2D eigenvalue weighted by molar-refractivity contribution is -0.384. The number of piperazine rings is 1. The summed E-state index contributed by atoms with van der Waals surface area (Å²) in [6, 6.07) is 9.62. The minimum Gasteiger partial charge on any atom is -0.467 e. The summed E-state index contributed by atoms with van der Waals surface area (Å²) in [6.07, 6.45) is 0. The molecule has 0 aromatic heterocycles. The van der Waals surface area contributed by atoms with Gasteiger partial charge in [-0.2, -0.15) is 0 Å². The lowest BCUT2D eigenvalue weighted by Gasteiger charge is -2.36. The van der Waals surface area contributed by atoms with E-state index in [-0.39, 0.29) is 18.3 Å². The molecule has 1 saturated heterocycles. The second kappa shape index (κ2) is 7.50. The second-order valence-corrected chi connectivity index (χ2v) is 6.70. The lowest BCUT2D eigenvalue weighted by atomic mass is 10.1. The fraction of sp³-hybridized carbons (Fsp3) is 0.368. The highest BCUT2D eigenvalue weighted by Crippen LogP contribution is 2.31. The van der Waals surface area contributed by atoms with E-state index in [2.05, 4.69) is 9.80 Å². The summed E-state index contributed by atoms with van der Waals surface area (Å²) in [5.41, 5.74) is 2.67. The maximum Gasteiger partial charge on any atom is 0.269 e. The fourth-order valence-electron chi connectivity index (χ4n) is 3.56. The molecule has 0 amide bonds. The van der Waals surface area contributed by atoms with Crippen LogP contribution in [0.5, 0.6) is 5.75 Å². The molecule has 27 heavy (non-hydrogen) atoms. The number of nitro groups is 1. The molecular formula is C19H20FN3O4. The summed E-state index contributed by atoms with van der Waals surface area (Å²) < 4.78 is 24.7. The van der Waals surface area contributed by atoms with Gasteiger partial charge in [0.2, 0.25) is 0 Å². The number of fused-ring (bicyclic) bond motifs is 1. The molecule has 142 valence electrons. The minimum absolute atomic E-state index is 0.0947. The van der Waals surface area contributed by atoms with Crippen LogP contribution in [-0.4, -0.2) is 42.8 Å². The number of halogens is 1. The molecule has 0 aliphatic carbocycles. The van der Waals surface area contributed by atoms with E-state index >= 15 is 0 Å². The Morgan fingerprint density at radius 2 is 1.85 bits per heavy atom. The van der Waals surface area contributed by atoms with Crippen LogP contribution >= 0.6 is 0 Å². The first-order valence-corrected chi connectivity index (χ1v) is 8.84. The zero-order valence-corrected chi connectivity index (χ0v) is 14.8. The number of benzene rings is 2. The van der Waals surface area contributed by atoms with E-state index in [0.717, 1.165) is 48.7 Å². The fourth-order valence-corrected chi connectivity index (χ4v) is 3.56. The van der Waals surface area contributed by atoms with Crippen molar-refractivity contribution in [1.29, 1.82) is 0 Å². The smallest absolute Gasteiger partial charge is 0.269 e. The third kappa shape index (κ3) is 3.86. The molecule has 4 rings (SSSR count). The molecular weight excluding hydrogens is 353 g/mol. The van der Waals surface area contributed by atoms with Crippen LogP contribution in [0.25, 0.3) is 0 Å². The molecule has 2 aromatic carbocycles. The van der Waals surface area contributed by atoms with Gasteiger partial charge in [0.05, 0.1) is 11.5 Å². The van der Waals surface area contributed by atoms with Gasteiger partial charge in [-0.1, -0.05) is 0 Å². The highest BCUT2D eigenvalue weighted by Gasteiger charge is 2.22. The van der Waals surface area contributed by atoms with Crippen molar-refractivity contribution in [1.82, 2.24) is 4.90 Å². The first-order valence-electron chi connectivity index (χ1n) is 8.84. The van der Waals surface area contributed by atoms with Crippen molar-refractivity contribution in [3.8, 4) is 5.75 Å². The molecule has 7 nitrogen and oxygen atoms in total. The molecule has 2 heterocycles. The Bertz CT molecular complexity index is 836. The van der Waals surface area contributed by atoms with E-state index in [0.29, 0.717) is 13.2 Å². The van der Waals surface area contributed by atoms with Crippen molar-refractivity contribution >= 4 is 11.4 Å². The third-order valence-electron chi connectivity index (χ3n) is 4.94. The summed E-state index contributed by atoms with van der Waals surface area (Å²) in [7, 11) is 0. The second-order valence-electron chi connectivity index (χ2n) is 6.70. The predicted octanol–water partition coefficient (Wildman–Crippen LogP) is 2.92. The Morgan fingerprint density at radius 3 is 2.56 bits per heavy atom. The van der Waals surface area contributed by atoms with Crippen LogP contribution in [0.15, 0.2) is 36.4 Å². The van der Waals surface area contributed by atoms with Gasteiger partial charge in [-0.3, -0.25) is 15.0 Å². The first-order chi connectivity index (χ1) is 13.1. The van der Waals surface area contributed by atoms with Gasteiger partial charge in [0.1, 0.15) is 11.6 Å². The van der Waals surface area contributed by atoms with Gasteiger partial charge < -0.3 is 14.4 Å². The zero-order chi connectivity index (χ0) is 18.8. The SMILES string of the molecule is O=[N+]([O-])c1ccc(N2CCN(Cc3cc(F)cc4c3OCOC4)CC2)cc1.